The van der Waals surface area contributed by atoms with Gasteiger partial charge in [0.15, 0.2) is 0 Å². The predicted molar refractivity (Wildman–Crippen MR) is 57.1 cm³/mol. The van der Waals surface area contributed by atoms with Crippen LogP contribution in [0.25, 0.3) is 0 Å². The van der Waals surface area contributed by atoms with Crippen molar-refractivity contribution in [2.75, 3.05) is 4.90 Å². The summed E-state index contributed by atoms with van der Waals surface area (Å²) in [6.45, 7) is 7.39. The second kappa shape index (κ2) is 3.57. The van der Waals surface area contributed by atoms with Crippen molar-refractivity contribution < 1.29 is 9.90 Å². The molecule has 1 amide bonds. The van der Waals surface area contributed by atoms with Crippen molar-refractivity contribution in [3.63, 3.8) is 0 Å². The Kier molecular flexibility index (Phi) is 2.80. The monoisotopic (exact) mass is 214 g/mol. The van der Waals surface area contributed by atoms with Gasteiger partial charge in [-0.2, -0.15) is 0 Å². The van der Waals surface area contributed by atoms with Gasteiger partial charge in [0.05, 0.1) is 5.01 Å². The van der Waals surface area contributed by atoms with Gasteiger partial charge in [-0.3, -0.25) is 4.90 Å². The molecule has 0 aliphatic carbocycles. The Labute approximate surface area is 87.2 Å². The first kappa shape index (κ1) is 11.0. The third-order valence-electron chi connectivity index (χ3n) is 1.70. The standard InChI is InChI=1S/C9H14N2O2S/c1-6-10-7(5-14-6)11(8(12)13)9(2,3)4/h5H,1-4H3,(H,12,13). The summed E-state index contributed by atoms with van der Waals surface area (Å²) in [6, 6.07) is 0. The van der Waals surface area contributed by atoms with Gasteiger partial charge in [0.1, 0.15) is 5.82 Å². The van der Waals surface area contributed by atoms with Crippen LogP contribution in [0.4, 0.5) is 10.6 Å². The molecule has 0 aliphatic heterocycles. The molecule has 14 heavy (non-hydrogen) atoms. The zero-order chi connectivity index (χ0) is 10.9. The molecule has 0 saturated carbocycles. The first-order chi connectivity index (χ1) is 6.32. The van der Waals surface area contributed by atoms with E-state index in [0.29, 0.717) is 5.82 Å². The lowest BCUT2D eigenvalue weighted by Gasteiger charge is -2.31. The smallest absolute Gasteiger partial charge is 0.413 e. The fraction of sp³-hybridized carbons (Fsp3) is 0.556. The number of amides is 1. The maximum absolute atomic E-state index is 11.0. The first-order valence-corrected chi connectivity index (χ1v) is 5.15. The van der Waals surface area contributed by atoms with Crippen LogP contribution in [0.3, 0.4) is 0 Å². The summed E-state index contributed by atoms with van der Waals surface area (Å²) in [7, 11) is 0. The normalized spacial score (nSPS) is 11.4. The summed E-state index contributed by atoms with van der Waals surface area (Å²) in [5, 5.41) is 11.7. The largest absolute Gasteiger partial charge is 0.465 e. The predicted octanol–water partition coefficient (Wildman–Crippen LogP) is 2.73. The van der Waals surface area contributed by atoms with E-state index in [4.69, 9.17) is 5.11 Å². The molecule has 0 aliphatic rings. The van der Waals surface area contributed by atoms with Gasteiger partial charge in [-0.05, 0) is 27.7 Å². The van der Waals surface area contributed by atoms with Crippen molar-refractivity contribution in [2.45, 2.75) is 33.2 Å². The molecule has 1 aromatic heterocycles. The highest BCUT2D eigenvalue weighted by atomic mass is 32.1. The minimum atomic E-state index is -0.970. The van der Waals surface area contributed by atoms with Crippen LogP contribution >= 0.6 is 11.3 Å². The molecule has 0 spiro atoms. The third kappa shape index (κ3) is 2.23. The molecule has 0 aromatic carbocycles. The Bertz CT molecular complexity index is 341. The van der Waals surface area contributed by atoms with Crippen LogP contribution in [0.2, 0.25) is 0 Å². The number of thiazole rings is 1. The van der Waals surface area contributed by atoms with E-state index in [9.17, 15) is 4.79 Å². The Balaban J connectivity index is 3.07. The minimum Gasteiger partial charge on any atom is -0.465 e. The molecule has 1 N–H and O–H groups in total. The molecule has 0 saturated heterocycles. The van der Waals surface area contributed by atoms with E-state index >= 15 is 0 Å². The lowest BCUT2D eigenvalue weighted by molar-refractivity contribution is 0.195. The Hall–Kier alpha value is -1.10. The number of aromatic nitrogens is 1. The fourth-order valence-electron chi connectivity index (χ4n) is 1.18. The van der Waals surface area contributed by atoms with E-state index in [1.165, 1.54) is 16.2 Å². The van der Waals surface area contributed by atoms with Crippen LogP contribution < -0.4 is 4.90 Å². The van der Waals surface area contributed by atoms with Gasteiger partial charge < -0.3 is 5.11 Å². The number of aryl methyl sites for hydroxylation is 1. The molecule has 1 heterocycles. The van der Waals surface area contributed by atoms with Crippen LogP contribution in [0.5, 0.6) is 0 Å². The van der Waals surface area contributed by atoms with Gasteiger partial charge in [0.2, 0.25) is 0 Å². The molecular weight excluding hydrogens is 200 g/mol. The average Bonchev–Trinajstić information content (AvgIpc) is 2.31. The molecule has 78 valence electrons. The number of rotatable bonds is 1. The van der Waals surface area contributed by atoms with Gasteiger partial charge in [-0.25, -0.2) is 9.78 Å². The van der Waals surface area contributed by atoms with Crippen LogP contribution in [-0.2, 0) is 0 Å². The van der Waals surface area contributed by atoms with Gasteiger partial charge in [0, 0.05) is 10.9 Å². The van der Waals surface area contributed by atoms with Crippen molar-refractivity contribution in [2.24, 2.45) is 0 Å². The average molecular weight is 214 g/mol. The summed E-state index contributed by atoms with van der Waals surface area (Å²) in [4.78, 5) is 16.5. The lowest BCUT2D eigenvalue weighted by atomic mass is 10.1. The molecule has 4 nitrogen and oxygen atoms in total. The Morgan fingerprint density at radius 2 is 2.14 bits per heavy atom. The second-order valence-corrected chi connectivity index (χ2v) is 5.08. The number of nitrogens with zero attached hydrogens (tertiary/aromatic N) is 2. The Morgan fingerprint density at radius 3 is 2.43 bits per heavy atom. The second-order valence-electron chi connectivity index (χ2n) is 4.01. The van der Waals surface area contributed by atoms with E-state index < -0.39 is 11.6 Å². The molecule has 0 unspecified atom stereocenters. The zero-order valence-corrected chi connectivity index (χ0v) is 9.55. The van der Waals surface area contributed by atoms with Crippen molar-refractivity contribution in [3.05, 3.63) is 10.4 Å². The minimum absolute atomic E-state index is 0.466. The maximum atomic E-state index is 11.0. The topological polar surface area (TPSA) is 53.4 Å². The maximum Gasteiger partial charge on any atom is 0.413 e. The summed E-state index contributed by atoms with van der Waals surface area (Å²) in [6.07, 6.45) is -0.970. The summed E-state index contributed by atoms with van der Waals surface area (Å²) >= 11 is 1.45. The molecule has 1 aromatic rings. The summed E-state index contributed by atoms with van der Waals surface area (Å²) in [5.41, 5.74) is -0.466. The van der Waals surface area contributed by atoms with E-state index in [2.05, 4.69) is 4.98 Å². The molecule has 0 atom stereocenters. The van der Waals surface area contributed by atoms with E-state index in [1.54, 1.807) is 5.38 Å². The SMILES string of the molecule is Cc1nc(N(C(=O)O)C(C)(C)C)cs1. The van der Waals surface area contributed by atoms with Crippen molar-refractivity contribution in [1.82, 2.24) is 4.98 Å². The van der Waals surface area contributed by atoms with Crippen LogP contribution in [0, 0.1) is 6.92 Å². The van der Waals surface area contributed by atoms with Gasteiger partial charge in [0.25, 0.3) is 0 Å². The van der Waals surface area contributed by atoms with E-state index in [0.717, 1.165) is 5.01 Å². The van der Waals surface area contributed by atoms with Gasteiger partial charge >= 0.3 is 6.09 Å². The molecule has 5 heteroatoms. The molecule has 0 radical (unpaired) electrons. The summed E-state index contributed by atoms with van der Waals surface area (Å²) in [5.74, 6) is 0.507. The number of hydrogen-bond donors (Lipinski definition) is 1. The molecule has 0 bridgehead atoms. The van der Waals surface area contributed by atoms with Crippen molar-refractivity contribution in [3.8, 4) is 0 Å². The highest BCUT2D eigenvalue weighted by Gasteiger charge is 2.29. The number of anilines is 1. The highest BCUT2D eigenvalue weighted by molar-refractivity contribution is 7.09. The van der Waals surface area contributed by atoms with Crippen LogP contribution in [0.15, 0.2) is 5.38 Å². The van der Waals surface area contributed by atoms with E-state index in [-0.39, 0.29) is 0 Å². The molecule has 0 fully saturated rings. The van der Waals surface area contributed by atoms with Gasteiger partial charge in [-0.15, -0.1) is 11.3 Å². The fourth-order valence-corrected chi connectivity index (χ4v) is 1.76. The van der Waals surface area contributed by atoms with Crippen LogP contribution in [0.1, 0.15) is 25.8 Å². The van der Waals surface area contributed by atoms with E-state index in [1.807, 2.05) is 27.7 Å². The lowest BCUT2D eigenvalue weighted by Crippen LogP contribution is -2.45. The summed E-state index contributed by atoms with van der Waals surface area (Å²) < 4.78 is 0. The Morgan fingerprint density at radius 1 is 1.57 bits per heavy atom. The van der Waals surface area contributed by atoms with Crippen molar-refractivity contribution in [1.29, 1.82) is 0 Å². The molecular formula is C9H14N2O2S. The quantitative estimate of drug-likeness (QED) is 0.782. The number of hydrogen-bond acceptors (Lipinski definition) is 3. The number of carbonyl (C=O) groups is 1. The third-order valence-corrected chi connectivity index (χ3v) is 2.46. The zero-order valence-electron chi connectivity index (χ0n) is 8.74. The first-order valence-electron chi connectivity index (χ1n) is 4.27. The molecule has 1 rings (SSSR count). The van der Waals surface area contributed by atoms with Crippen LogP contribution in [-0.4, -0.2) is 21.7 Å². The van der Waals surface area contributed by atoms with Gasteiger partial charge in [-0.1, -0.05) is 0 Å². The van der Waals surface area contributed by atoms with Crippen molar-refractivity contribution >= 4 is 23.2 Å². The highest BCUT2D eigenvalue weighted by Crippen LogP contribution is 2.25. The number of carboxylic acid groups (broad SMARTS) is 1.